The van der Waals surface area contributed by atoms with Crippen molar-refractivity contribution in [3.8, 4) is 0 Å². The maximum atomic E-state index is 12.2. The average Bonchev–Trinajstić information content (AvgIpc) is 2.94. The van der Waals surface area contributed by atoms with E-state index in [1.54, 1.807) is 0 Å². The van der Waals surface area contributed by atoms with Gasteiger partial charge in [-0.25, -0.2) is 4.79 Å². The van der Waals surface area contributed by atoms with Crippen LogP contribution in [-0.4, -0.2) is 32.1 Å². The van der Waals surface area contributed by atoms with Gasteiger partial charge in [-0.2, -0.15) is 0 Å². The van der Waals surface area contributed by atoms with Crippen LogP contribution in [0.5, 0.6) is 0 Å². The number of fused-ring (bicyclic) bond motifs is 1. The summed E-state index contributed by atoms with van der Waals surface area (Å²) < 4.78 is 6.14. The van der Waals surface area contributed by atoms with Crippen LogP contribution >= 0.6 is 0 Å². The van der Waals surface area contributed by atoms with Gasteiger partial charge in [-0.3, -0.25) is 4.48 Å². The van der Waals surface area contributed by atoms with E-state index in [0.29, 0.717) is 10.0 Å². The van der Waals surface area contributed by atoms with E-state index in [1.165, 1.54) is 5.56 Å². The Kier molecular flexibility index (Phi) is 4.16. The number of rotatable bonds is 4. The molecule has 0 amide bonds. The number of carbonyl (C=O) groups is 1. The zero-order valence-electron chi connectivity index (χ0n) is 14.6. The number of H-pyrrole nitrogens is 1. The number of esters is 1. The van der Waals surface area contributed by atoms with Crippen molar-refractivity contribution in [2.45, 2.75) is 13.5 Å². The van der Waals surface area contributed by atoms with Gasteiger partial charge in [-0.05, 0) is 54.3 Å². The van der Waals surface area contributed by atoms with Crippen LogP contribution in [0.3, 0.4) is 0 Å². The first-order valence-corrected chi connectivity index (χ1v) is 8.00. The molecule has 1 aromatic heterocycles. The Morgan fingerprint density at radius 3 is 2.42 bits per heavy atom. The van der Waals surface area contributed by atoms with E-state index in [0.717, 1.165) is 22.3 Å². The highest BCUT2D eigenvalue weighted by Gasteiger charge is 2.14. The van der Waals surface area contributed by atoms with Crippen LogP contribution in [0.4, 0.5) is 5.69 Å². The van der Waals surface area contributed by atoms with Crippen molar-refractivity contribution in [1.29, 1.82) is 0 Å². The second-order valence-corrected chi connectivity index (χ2v) is 7.02. The van der Waals surface area contributed by atoms with Crippen molar-refractivity contribution in [2.75, 3.05) is 21.1 Å². The quantitative estimate of drug-likeness (QED) is 0.582. The molecule has 1 heterocycles. The number of aromatic nitrogens is 1. The monoisotopic (exact) mass is 323 g/mol. The molecule has 0 aliphatic heterocycles. The van der Waals surface area contributed by atoms with E-state index in [2.05, 4.69) is 51.2 Å². The highest BCUT2D eigenvalue weighted by Crippen LogP contribution is 2.19. The first-order chi connectivity index (χ1) is 11.3. The van der Waals surface area contributed by atoms with Gasteiger partial charge in [0, 0.05) is 5.52 Å². The standard InChI is InChI=1S/C20H23N2O2/c1-14-5-6-16-12-17(21-19(16)11-14)13-24-20(23)15-7-9-18(10-8-15)22(2,3)4/h5-12,21H,13H2,1-4H3/q+1. The van der Waals surface area contributed by atoms with Gasteiger partial charge < -0.3 is 9.72 Å². The van der Waals surface area contributed by atoms with Gasteiger partial charge in [0.05, 0.1) is 32.4 Å². The molecule has 0 unspecified atom stereocenters. The molecule has 2 aromatic carbocycles. The molecule has 0 radical (unpaired) electrons. The molecule has 4 heteroatoms. The smallest absolute Gasteiger partial charge is 0.338 e. The largest absolute Gasteiger partial charge is 0.456 e. The molecule has 0 atom stereocenters. The molecule has 0 aliphatic rings. The number of benzene rings is 2. The molecular formula is C20H23N2O2+. The lowest BCUT2D eigenvalue weighted by atomic mass is 10.2. The van der Waals surface area contributed by atoms with E-state index in [9.17, 15) is 4.79 Å². The van der Waals surface area contributed by atoms with Gasteiger partial charge in [0.1, 0.15) is 12.3 Å². The molecule has 1 N–H and O–H groups in total. The summed E-state index contributed by atoms with van der Waals surface area (Å²) in [6, 6.07) is 15.8. The molecule has 0 fully saturated rings. The molecule has 3 rings (SSSR count). The molecule has 124 valence electrons. The number of nitrogens with one attached hydrogen (secondary N) is 1. The fourth-order valence-electron chi connectivity index (χ4n) is 2.65. The van der Waals surface area contributed by atoms with Gasteiger partial charge in [-0.1, -0.05) is 12.1 Å². The van der Waals surface area contributed by atoms with Crippen LogP contribution in [0.25, 0.3) is 10.9 Å². The van der Waals surface area contributed by atoms with Crippen LogP contribution in [0, 0.1) is 6.92 Å². The third-order valence-electron chi connectivity index (χ3n) is 4.07. The molecule has 3 aromatic rings. The number of aromatic amines is 1. The lowest BCUT2D eigenvalue weighted by Gasteiger charge is -2.23. The lowest BCUT2D eigenvalue weighted by Crippen LogP contribution is -2.34. The predicted molar refractivity (Wildman–Crippen MR) is 98.2 cm³/mol. The van der Waals surface area contributed by atoms with E-state index in [-0.39, 0.29) is 12.6 Å². The van der Waals surface area contributed by atoms with Crippen LogP contribution in [0.15, 0.2) is 48.5 Å². The molecule has 0 spiro atoms. The first kappa shape index (κ1) is 16.3. The average molecular weight is 323 g/mol. The van der Waals surface area contributed by atoms with Crippen molar-refractivity contribution in [3.63, 3.8) is 0 Å². The van der Waals surface area contributed by atoms with Gasteiger partial charge in [0.25, 0.3) is 0 Å². The van der Waals surface area contributed by atoms with Gasteiger partial charge in [0.2, 0.25) is 0 Å². The van der Waals surface area contributed by atoms with E-state index >= 15 is 0 Å². The summed E-state index contributed by atoms with van der Waals surface area (Å²) in [6.45, 7) is 2.30. The topological polar surface area (TPSA) is 42.1 Å². The first-order valence-electron chi connectivity index (χ1n) is 8.00. The number of carbonyl (C=O) groups excluding carboxylic acids is 1. The molecule has 0 saturated heterocycles. The normalized spacial score (nSPS) is 11.7. The number of quaternary nitrogens is 1. The number of hydrogen-bond donors (Lipinski definition) is 1. The Morgan fingerprint density at radius 1 is 1.04 bits per heavy atom. The summed E-state index contributed by atoms with van der Waals surface area (Å²) in [4.78, 5) is 15.5. The van der Waals surface area contributed by atoms with Crippen molar-refractivity contribution < 1.29 is 9.53 Å². The minimum atomic E-state index is -0.308. The molecule has 24 heavy (non-hydrogen) atoms. The maximum Gasteiger partial charge on any atom is 0.338 e. The summed E-state index contributed by atoms with van der Waals surface area (Å²) in [6.07, 6.45) is 0. The maximum absolute atomic E-state index is 12.2. The zero-order valence-corrected chi connectivity index (χ0v) is 14.6. The summed E-state index contributed by atoms with van der Waals surface area (Å²) in [5.74, 6) is -0.308. The highest BCUT2D eigenvalue weighted by atomic mass is 16.5. The van der Waals surface area contributed by atoms with E-state index in [4.69, 9.17) is 4.74 Å². The Bertz CT molecular complexity index is 871. The highest BCUT2D eigenvalue weighted by molar-refractivity contribution is 5.89. The fourth-order valence-corrected chi connectivity index (χ4v) is 2.65. The number of ether oxygens (including phenoxy) is 1. The van der Waals surface area contributed by atoms with E-state index < -0.39 is 0 Å². The molecule has 4 nitrogen and oxygen atoms in total. The van der Waals surface area contributed by atoms with Crippen molar-refractivity contribution in [2.24, 2.45) is 0 Å². The summed E-state index contributed by atoms with van der Waals surface area (Å²) in [5, 5.41) is 1.12. The Morgan fingerprint density at radius 2 is 1.75 bits per heavy atom. The minimum Gasteiger partial charge on any atom is -0.456 e. The molecule has 0 saturated carbocycles. The molecule has 0 bridgehead atoms. The van der Waals surface area contributed by atoms with Crippen molar-refractivity contribution in [3.05, 3.63) is 65.4 Å². The van der Waals surface area contributed by atoms with Crippen molar-refractivity contribution >= 4 is 22.6 Å². The van der Waals surface area contributed by atoms with Crippen molar-refractivity contribution in [1.82, 2.24) is 9.47 Å². The van der Waals surface area contributed by atoms with Crippen LogP contribution in [0.1, 0.15) is 21.6 Å². The van der Waals surface area contributed by atoms with Gasteiger partial charge in [0.15, 0.2) is 0 Å². The summed E-state index contributed by atoms with van der Waals surface area (Å²) >= 11 is 0. The SMILES string of the molecule is Cc1ccc2cc(COC(=O)c3ccc([N+](C)(C)C)cc3)[nH]c2c1. The minimum absolute atomic E-state index is 0.240. The lowest BCUT2D eigenvalue weighted by molar-refractivity contribution is 0.0468. The predicted octanol–water partition coefficient (Wildman–Crippen LogP) is 4.03. The Hall–Kier alpha value is -2.59. The third kappa shape index (κ3) is 3.49. The summed E-state index contributed by atoms with van der Waals surface area (Å²) in [5.41, 5.74) is 4.86. The summed E-state index contributed by atoms with van der Waals surface area (Å²) in [7, 11) is 6.26. The van der Waals surface area contributed by atoms with Gasteiger partial charge in [-0.15, -0.1) is 0 Å². The van der Waals surface area contributed by atoms with E-state index in [1.807, 2.05) is 30.3 Å². The van der Waals surface area contributed by atoms with Crippen LogP contribution in [-0.2, 0) is 11.3 Å². The molecule has 0 aliphatic carbocycles. The second kappa shape index (κ2) is 6.13. The Labute approximate surface area is 142 Å². The van der Waals surface area contributed by atoms with Crippen LogP contribution in [0.2, 0.25) is 0 Å². The number of nitrogens with zero attached hydrogens (tertiary/aromatic N) is 1. The third-order valence-corrected chi connectivity index (χ3v) is 4.07. The molecular weight excluding hydrogens is 300 g/mol. The number of hydrogen-bond acceptors (Lipinski definition) is 2. The second-order valence-electron chi connectivity index (χ2n) is 7.02. The van der Waals surface area contributed by atoms with Gasteiger partial charge >= 0.3 is 5.97 Å². The zero-order chi connectivity index (χ0) is 17.3. The number of aryl methyl sites for hydroxylation is 1. The van der Waals surface area contributed by atoms with Crippen LogP contribution < -0.4 is 4.48 Å². The Balaban J connectivity index is 1.68. The fraction of sp³-hybridized carbons (Fsp3) is 0.250.